The van der Waals surface area contributed by atoms with Gasteiger partial charge < -0.3 is 10.2 Å². The summed E-state index contributed by atoms with van der Waals surface area (Å²) in [6.45, 7) is 3.82. The topological polar surface area (TPSA) is 66.5 Å². The van der Waals surface area contributed by atoms with E-state index in [0.29, 0.717) is 11.3 Å². The first-order valence-corrected chi connectivity index (χ1v) is 10.0. The number of hydrogen-bond donors (Lipinski definition) is 1. The van der Waals surface area contributed by atoms with Crippen molar-refractivity contribution >= 4 is 28.3 Å². The van der Waals surface area contributed by atoms with Crippen molar-refractivity contribution < 1.29 is 13.8 Å². The van der Waals surface area contributed by atoms with Crippen molar-refractivity contribution in [3.05, 3.63) is 64.7 Å². The molecule has 0 radical (unpaired) electrons. The summed E-state index contributed by atoms with van der Waals surface area (Å²) < 4.78 is 11.4. The van der Waals surface area contributed by atoms with Gasteiger partial charge in [-0.15, -0.1) is 0 Å². The van der Waals surface area contributed by atoms with Gasteiger partial charge in [-0.3, -0.25) is 13.8 Å². The summed E-state index contributed by atoms with van der Waals surface area (Å²) in [7, 11) is 0.620. The van der Waals surface area contributed by atoms with Gasteiger partial charge in [0.2, 0.25) is 5.91 Å². The van der Waals surface area contributed by atoms with E-state index in [0.717, 1.165) is 22.4 Å². The van der Waals surface area contributed by atoms with E-state index in [2.05, 4.69) is 5.32 Å². The predicted molar refractivity (Wildman–Crippen MR) is 106 cm³/mol. The summed E-state index contributed by atoms with van der Waals surface area (Å²) in [6.07, 6.45) is 1.62. The van der Waals surface area contributed by atoms with Crippen LogP contribution in [0.5, 0.6) is 0 Å². The summed E-state index contributed by atoms with van der Waals surface area (Å²) in [6, 6.07) is 12.8. The number of carbonyl (C=O) groups excluding carboxylic acids is 2. The fourth-order valence-electron chi connectivity index (χ4n) is 2.73. The summed E-state index contributed by atoms with van der Waals surface area (Å²) in [5, 5.41) is 2.88. The van der Waals surface area contributed by atoms with Crippen molar-refractivity contribution in [2.45, 2.75) is 19.6 Å². The quantitative estimate of drug-likeness (QED) is 0.848. The van der Waals surface area contributed by atoms with Crippen LogP contribution in [0.25, 0.3) is 0 Å². The number of nitrogens with zero attached hydrogens (tertiary/aromatic N) is 1. The minimum atomic E-state index is -0.974. The monoisotopic (exact) mass is 372 g/mol. The highest BCUT2D eigenvalue weighted by atomic mass is 32.2. The third-order valence-electron chi connectivity index (χ3n) is 4.02. The Kier molecular flexibility index (Phi) is 6.69. The zero-order chi connectivity index (χ0) is 19.3. The van der Waals surface area contributed by atoms with Crippen LogP contribution in [0.15, 0.2) is 42.5 Å². The lowest BCUT2D eigenvalue weighted by atomic mass is 10.1. The van der Waals surface area contributed by atoms with E-state index in [1.54, 1.807) is 31.5 Å². The van der Waals surface area contributed by atoms with Crippen LogP contribution in [-0.4, -0.2) is 40.8 Å². The average Bonchev–Trinajstić information content (AvgIpc) is 2.57. The molecule has 0 saturated heterocycles. The number of aryl methyl sites for hydroxylation is 2. The maximum atomic E-state index is 12.6. The van der Waals surface area contributed by atoms with Crippen LogP contribution in [0.2, 0.25) is 0 Å². The number of benzene rings is 2. The van der Waals surface area contributed by atoms with Gasteiger partial charge in [0.15, 0.2) is 0 Å². The highest BCUT2D eigenvalue weighted by Gasteiger charge is 2.16. The number of likely N-dealkylation sites (N-methyl/N-ethyl adjacent to an activating group) is 1. The highest BCUT2D eigenvalue weighted by molar-refractivity contribution is 7.83. The Labute approximate surface area is 156 Å². The molecule has 138 valence electrons. The van der Waals surface area contributed by atoms with Crippen molar-refractivity contribution in [3.63, 3.8) is 0 Å². The summed E-state index contributed by atoms with van der Waals surface area (Å²) in [5.41, 5.74) is 4.06. The Balaban J connectivity index is 2.04. The molecule has 0 fully saturated rings. The van der Waals surface area contributed by atoms with E-state index in [1.807, 2.05) is 38.1 Å². The second kappa shape index (κ2) is 8.76. The van der Waals surface area contributed by atoms with Crippen LogP contribution in [0.1, 0.15) is 27.0 Å². The molecule has 0 aromatic heterocycles. The first kappa shape index (κ1) is 19.8. The molecule has 1 unspecified atom stereocenters. The number of anilines is 1. The maximum absolute atomic E-state index is 12.6. The summed E-state index contributed by atoms with van der Waals surface area (Å²) in [5.74, 6) is -0.0906. The zero-order valence-corrected chi connectivity index (χ0v) is 16.4. The first-order chi connectivity index (χ1) is 12.3. The molecular weight excluding hydrogens is 348 g/mol. The number of rotatable bonds is 6. The van der Waals surface area contributed by atoms with E-state index >= 15 is 0 Å². The van der Waals surface area contributed by atoms with Gasteiger partial charge in [0.25, 0.3) is 5.91 Å². The van der Waals surface area contributed by atoms with Crippen molar-refractivity contribution in [1.29, 1.82) is 0 Å². The Morgan fingerprint density at radius 1 is 1.08 bits per heavy atom. The van der Waals surface area contributed by atoms with E-state index in [4.69, 9.17) is 0 Å². The van der Waals surface area contributed by atoms with E-state index < -0.39 is 10.8 Å². The second-order valence-electron chi connectivity index (χ2n) is 6.39. The van der Waals surface area contributed by atoms with Crippen molar-refractivity contribution in [2.24, 2.45) is 0 Å². The van der Waals surface area contributed by atoms with Crippen molar-refractivity contribution in [2.75, 3.05) is 25.2 Å². The first-order valence-electron chi connectivity index (χ1n) is 8.28. The van der Waals surface area contributed by atoms with Crippen LogP contribution in [-0.2, 0) is 21.3 Å². The van der Waals surface area contributed by atoms with Gasteiger partial charge >= 0.3 is 0 Å². The molecule has 0 heterocycles. The van der Waals surface area contributed by atoms with Crippen LogP contribution >= 0.6 is 0 Å². The largest absolute Gasteiger partial charge is 0.332 e. The fraction of sp³-hybridized carbons (Fsp3) is 0.300. The van der Waals surface area contributed by atoms with Gasteiger partial charge in [-0.25, -0.2) is 0 Å². The maximum Gasteiger partial charge on any atom is 0.254 e. The van der Waals surface area contributed by atoms with Gasteiger partial charge in [0.05, 0.1) is 6.54 Å². The highest BCUT2D eigenvalue weighted by Crippen LogP contribution is 2.19. The molecule has 2 aromatic rings. The number of carbonyl (C=O) groups is 2. The zero-order valence-electron chi connectivity index (χ0n) is 15.5. The predicted octanol–water partition coefficient (Wildman–Crippen LogP) is 2.89. The molecule has 6 heteroatoms. The standard InChI is InChI=1S/C20H24N2O3S/c1-14-7-5-8-15(2)19(14)21-18(23)12-22(3)20(24)17-10-6-9-16(11-17)13-26(4)25/h5-11H,12-13H2,1-4H3,(H,21,23). The molecule has 2 amide bonds. The molecule has 2 rings (SSSR count). The molecule has 1 N–H and O–H groups in total. The lowest BCUT2D eigenvalue weighted by Gasteiger charge is -2.18. The molecule has 26 heavy (non-hydrogen) atoms. The van der Waals surface area contributed by atoms with Gasteiger partial charge in [-0.1, -0.05) is 30.3 Å². The van der Waals surface area contributed by atoms with E-state index in [-0.39, 0.29) is 18.4 Å². The Morgan fingerprint density at radius 2 is 1.69 bits per heavy atom. The Morgan fingerprint density at radius 3 is 2.31 bits per heavy atom. The summed E-state index contributed by atoms with van der Waals surface area (Å²) in [4.78, 5) is 26.3. The van der Waals surface area contributed by atoms with Gasteiger partial charge in [0, 0.05) is 41.1 Å². The number of para-hydroxylation sites is 1. The molecule has 0 bridgehead atoms. The van der Waals surface area contributed by atoms with E-state index in [1.165, 1.54) is 4.90 Å². The Bertz CT molecular complexity index is 828. The molecule has 1 atom stereocenters. The Hall–Kier alpha value is -2.47. The van der Waals surface area contributed by atoms with Gasteiger partial charge in [-0.2, -0.15) is 0 Å². The molecule has 0 aliphatic rings. The molecule has 0 aliphatic heterocycles. The van der Waals surface area contributed by atoms with Crippen LogP contribution in [0, 0.1) is 13.8 Å². The fourth-order valence-corrected chi connectivity index (χ4v) is 3.38. The normalized spacial score (nSPS) is 11.7. The molecule has 0 aliphatic carbocycles. The third kappa shape index (κ3) is 5.26. The van der Waals surface area contributed by atoms with Crippen LogP contribution in [0.3, 0.4) is 0 Å². The second-order valence-corrected chi connectivity index (χ2v) is 7.83. The lowest BCUT2D eigenvalue weighted by Crippen LogP contribution is -2.35. The van der Waals surface area contributed by atoms with E-state index in [9.17, 15) is 13.8 Å². The SMILES string of the molecule is Cc1cccc(C)c1NC(=O)CN(C)C(=O)c1cccc(CS(C)=O)c1. The number of nitrogens with one attached hydrogen (secondary N) is 1. The third-order valence-corrected chi connectivity index (χ3v) is 4.76. The minimum Gasteiger partial charge on any atom is -0.332 e. The summed E-state index contributed by atoms with van der Waals surface area (Å²) >= 11 is 0. The molecule has 0 spiro atoms. The number of hydrogen-bond acceptors (Lipinski definition) is 3. The van der Waals surface area contributed by atoms with Gasteiger partial charge in [0.1, 0.15) is 0 Å². The van der Waals surface area contributed by atoms with Gasteiger partial charge in [-0.05, 0) is 42.7 Å². The molecule has 5 nitrogen and oxygen atoms in total. The molecule has 0 saturated carbocycles. The van der Waals surface area contributed by atoms with Crippen molar-refractivity contribution in [1.82, 2.24) is 4.90 Å². The number of amides is 2. The molecule has 2 aromatic carbocycles. The van der Waals surface area contributed by atoms with Crippen molar-refractivity contribution in [3.8, 4) is 0 Å². The van der Waals surface area contributed by atoms with Crippen LogP contribution < -0.4 is 5.32 Å². The lowest BCUT2D eigenvalue weighted by molar-refractivity contribution is -0.116. The average molecular weight is 372 g/mol. The van der Waals surface area contributed by atoms with Crippen LogP contribution in [0.4, 0.5) is 5.69 Å². The smallest absolute Gasteiger partial charge is 0.254 e. The molecular formula is C20H24N2O3S. The minimum absolute atomic E-state index is 0.0451.